The van der Waals surface area contributed by atoms with Gasteiger partial charge in [-0.05, 0) is 25.5 Å². The Labute approximate surface area is 116 Å². The molecular weight excluding hydrogens is 262 g/mol. The Kier molecular flexibility index (Phi) is 6.15. The first-order valence-corrected chi connectivity index (χ1v) is 6.19. The van der Waals surface area contributed by atoms with Crippen molar-refractivity contribution in [2.75, 3.05) is 0 Å². The lowest BCUT2D eigenvalue weighted by Crippen LogP contribution is -2.39. The molecule has 0 saturated heterocycles. The van der Waals surface area contributed by atoms with Gasteiger partial charge in [0.25, 0.3) is 0 Å². The van der Waals surface area contributed by atoms with Gasteiger partial charge in [-0.2, -0.15) is 0 Å². The Balaban J connectivity index is 2.26. The summed E-state index contributed by atoms with van der Waals surface area (Å²) in [4.78, 5) is 37.2. The highest BCUT2D eigenvalue weighted by atomic mass is 16.4. The number of hydrogen-bond donors (Lipinski definition) is 3. The number of carboxylic acids is 1. The van der Waals surface area contributed by atoms with E-state index in [1.165, 1.54) is 0 Å². The Hall–Kier alpha value is -2.44. The number of hydrogen-bond acceptors (Lipinski definition) is 4. The number of carbonyl (C=O) groups excluding carboxylic acids is 2. The molecule has 7 nitrogen and oxygen atoms in total. The van der Waals surface area contributed by atoms with Gasteiger partial charge < -0.3 is 10.4 Å². The van der Waals surface area contributed by atoms with Crippen LogP contribution in [-0.2, 0) is 16.1 Å². The second kappa shape index (κ2) is 7.88. The average Bonchev–Trinajstić information content (AvgIpc) is 2.36. The Morgan fingerprint density at radius 2 is 2.00 bits per heavy atom. The maximum absolute atomic E-state index is 11.4. The molecule has 0 aliphatic carbocycles. The van der Waals surface area contributed by atoms with Crippen molar-refractivity contribution in [3.8, 4) is 0 Å². The largest absolute Gasteiger partial charge is 0.481 e. The molecule has 0 spiro atoms. The molecule has 1 rings (SSSR count). The van der Waals surface area contributed by atoms with Gasteiger partial charge in [-0.3, -0.25) is 19.9 Å². The monoisotopic (exact) mass is 279 g/mol. The van der Waals surface area contributed by atoms with Gasteiger partial charge in [-0.25, -0.2) is 4.79 Å². The summed E-state index contributed by atoms with van der Waals surface area (Å²) in [5, 5.41) is 13.1. The molecule has 0 aromatic carbocycles. The van der Waals surface area contributed by atoms with E-state index in [1.807, 2.05) is 19.1 Å². The fourth-order valence-electron chi connectivity index (χ4n) is 1.50. The highest BCUT2D eigenvalue weighted by Gasteiger charge is 2.08. The fraction of sp³-hybridized carbons (Fsp3) is 0.385. The van der Waals surface area contributed by atoms with Crippen molar-refractivity contribution in [3.63, 3.8) is 0 Å². The Morgan fingerprint density at radius 3 is 2.65 bits per heavy atom. The number of urea groups is 1. The smallest absolute Gasteiger partial charge is 0.321 e. The molecule has 0 aliphatic rings. The lowest BCUT2D eigenvalue weighted by atomic mass is 10.2. The molecule has 1 aromatic heterocycles. The van der Waals surface area contributed by atoms with Crippen molar-refractivity contribution < 1.29 is 19.5 Å². The number of aromatic nitrogens is 1. The summed E-state index contributed by atoms with van der Waals surface area (Å²) in [7, 11) is 0. The van der Waals surface area contributed by atoms with Crippen molar-refractivity contribution >= 4 is 17.9 Å². The molecule has 20 heavy (non-hydrogen) atoms. The Morgan fingerprint density at radius 1 is 1.25 bits per heavy atom. The number of nitrogens with zero attached hydrogens (tertiary/aromatic N) is 1. The van der Waals surface area contributed by atoms with Crippen molar-refractivity contribution in [1.29, 1.82) is 0 Å². The summed E-state index contributed by atoms with van der Waals surface area (Å²) in [5.74, 6) is -1.46. The normalized spacial score (nSPS) is 9.85. The maximum Gasteiger partial charge on any atom is 0.321 e. The van der Waals surface area contributed by atoms with Crippen LogP contribution >= 0.6 is 0 Å². The van der Waals surface area contributed by atoms with Crippen molar-refractivity contribution in [1.82, 2.24) is 15.6 Å². The third-order valence-electron chi connectivity index (χ3n) is 2.42. The van der Waals surface area contributed by atoms with Gasteiger partial charge in [0.05, 0.1) is 12.2 Å². The molecule has 0 bridgehead atoms. The second-order valence-electron chi connectivity index (χ2n) is 4.25. The van der Waals surface area contributed by atoms with Gasteiger partial charge in [0, 0.05) is 18.5 Å². The third-order valence-corrected chi connectivity index (χ3v) is 2.42. The molecule has 0 fully saturated rings. The minimum atomic E-state index is -0.965. The molecule has 108 valence electrons. The summed E-state index contributed by atoms with van der Waals surface area (Å²) in [6.07, 6.45) is 0.110. The summed E-state index contributed by atoms with van der Waals surface area (Å²) in [6, 6.07) is 4.82. The van der Waals surface area contributed by atoms with Crippen LogP contribution in [0, 0.1) is 6.92 Å². The van der Waals surface area contributed by atoms with Crippen LogP contribution in [0.1, 0.15) is 30.7 Å². The van der Waals surface area contributed by atoms with E-state index >= 15 is 0 Å². The number of aliphatic carboxylic acids is 1. The van der Waals surface area contributed by atoms with Crippen LogP contribution in [0.25, 0.3) is 0 Å². The first kappa shape index (κ1) is 15.6. The molecule has 3 amide bonds. The topological polar surface area (TPSA) is 108 Å². The van der Waals surface area contributed by atoms with E-state index in [1.54, 1.807) is 6.07 Å². The zero-order valence-corrected chi connectivity index (χ0v) is 11.2. The molecule has 0 aliphatic heterocycles. The summed E-state index contributed by atoms with van der Waals surface area (Å²) in [5.41, 5.74) is 1.54. The number of carbonyl (C=O) groups is 3. The molecular formula is C13H17N3O4. The number of imide groups is 1. The van der Waals surface area contributed by atoms with Gasteiger partial charge in [0.1, 0.15) is 0 Å². The summed E-state index contributed by atoms with van der Waals surface area (Å²) >= 11 is 0. The van der Waals surface area contributed by atoms with Crippen LogP contribution < -0.4 is 10.6 Å². The SMILES string of the molecule is Cc1cccc(CNC(=O)NC(=O)CCCC(=O)O)n1. The van der Waals surface area contributed by atoms with E-state index < -0.39 is 17.9 Å². The number of aryl methyl sites for hydroxylation is 1. The molecule has 0 radical (unpaired) electrons. The van der Waals surface area contributed by atoms with Crippen molar-refractivity contribution in [2.45, 2.75) is 32.7 Å². The minimum absolute atomic E-state index is 0.00240. The quantitative estimate of drug-likeness (QED) is 0.719. The van der Waals surface area contributed by atoms with Gasteiger partial charge in [0.15, 0.2) is 0 Å². The summed E-state index contributed by atoms with van der Waals surface area (Å²) in [6.45, 7) is 2.06. The van der Waals surface area contributed by atoms with E-state index in [2.05, 4.69) is 15.6 Å². The first-order valence-electron chi connectivity index (χ1n) is 6.19. The van der Waals surface area contributed by atoms with Crippen LogP contribution in [0.4, 0.5) is 4.79 Å². The second-order valence-corrected chi connectivity index (χ2v) is 4.25. The molecule has 3 N–H and O–H groups in total. The van der Waals surface area contributed by atoms with E-state index in [0.717, 1.165) is 5.69 Å². The highest BCUT2D eigenvalue weighted by molar-refractivity contribution is 5.94. The first-order chi connectivity index (χ1) is 9.47. The van der Waals surface area contributed by atoms with Crippen LogP contribution in [0.3, 0.4) is 0 Å². The lowest BCUT2D eigenvalue weighted by Gasteiger charge is -2.06. The zero-order chi connectivity index (χ0) is 15.0. The molecule has 1 aromatic rings. The standard InChI is InChI=1S/C13H17N3O4/c1-9-4-2-5-10(15-9)8-14-13(20)16-11(17)6-3-7-12(18)19/h2,4-5H,3,6-8H2,1H3,(H,18,19)(H2,14,16,17,20). The fourth-order valence-corrected chi connectivity index (χ4v) is 1.50. The van der Waals surface area contributed by atoms with Gasteiger partial charge in [-0.15, -0.1) is 0 Å². The minimum Gasteiger partial charge on any atom is -0.481 e. The number of pyridine rings is 1. The number of carboxylic acid groups (broad SMARTS) is 1. The predicted molar refractivity (Wildman–Crippen MR) is 70.8 cm³/mol. The number of nitrogens with one attached hydrogen (secondary N) is 2. The molecule has 7 heteroatoms. The van der Waals surface area contributed by atoms with Gasteiger partial charge in [0.2, 0.25) is 5.91 Å². The van der Waals surface area contributed by atoms with Crippen LogP contribution in [0.15, 0.2) is 18.2 Å². The molecule has 0 atom stereocenters. The number of rotatable bonds is 6. The predicted octanol–water partition coefficient (Wildman–Crippen LogP) is 0.971. The zero-order valence-electron chi connectivity index (χ0n) is 11.2. The van der Waals surface area contributed by atoms with Crippen LogP contribution in [0.2, 0.25) is 0 Å². The molecule has 0 unspecified atom stereocenters. The van der Waals surface area contributed by atoms with Crippen LogP contribution in [0.5, 0.6) is 0 Å². The Bertz CT molecular complexity index is 502. The lowest BCUT2D eigenvalue weighted by molar-refractivity contribution is -0.137. The van der Waals surface area contributed by atoms with E-state index in [4.69, 9.17) is 5.11 Å². The third kappa shape index (κ3) is 6.48. The van der Waals surface area contributed by atoms with E-state index in [9.17, 15) is 14.4 Å². The van der Waals surface area contributed by atoms with E-state index in [0.29, 0.717) is 5.69 Å². The van der Waals surface area contributed by atoms with Crippen LogP contribution in [-0.4, -0.2) is 28.0 Å². The van der Waals surface area contributed by atoms with E-state index in [-0.39, 0.29) is 25.8 Å². The average molecular weight is 279 g/mol. The van der Waals surface area contributed by atoms with Crippen molar-refractivity contribution in [3.05, 3.63) is 29.6 Å². The molecule has 0 saturated carbocycles. The summed E-state index contributed by atoms with van der Waals surface area (Å²) < 4.78 is 0. The maximum atomic E-state index is 11.4. The van der Waals surface area contributed by atoms with Crippen molar-refractivity contribution in [2.24, 2.45) is 0 Å². The number of amides is 3. The van der Waals surface area contributed by atoms with Gasteiger partial charge in [-0.1, -0.05) is 6.07 Å². The highest BCUT2D eigenvalue weighted by Crippen LogP contribution is 1.97. The molecule has 1 heterocycles. The van der Waals surface area contributed by atoms with Gasteiger partial charge >= 0.3 is 12.0 Å².